The number of nitrogens with zero attached hydrogens (tertiary/aromatic N) is 1. The molecule has 0 fully saturated rings. The maximum atomic E-state index is 12.2. The highest BCUT2D eigenvalue weighted by Gasteiger charge is 2.26. The molecule has 5 heteroatoms. The van der Waals surface area contributed by atoms with E-state index in [1.54, 1.807) is 17.0 Å². The number of halogens is 1. The molecule has 0 spiro atoms. The summed E-state index contributed by atoms with van der Waals surface area (Å²) in [6, 6.07) is 8.85. The lowest BCUT2D eigenvalue weighted by Crippen LogP contribution is -2.24. The predicted octanol–water partition coefficient (Wildman–Crippen LogP) is 2.67. The summed E-state index contributed by atoms with van der Waals surface area (Å²) in [5.41, 5.74) is 8.64. The number of benzene rings is 1. The lowest BCUT2D eigenvalue weighted by atomic mass is 10.1. The molecule has 0 saturated heterocycles. The van der Waals surface area contributed by atoms with Crippen molar-refractivity contribution in [3.05, 3.63) is 52.4 Å². The van der Waals surface area contributed by atoms with Gasteiger partial charge in [0.15, 0.2) is 11.0 Å². The van der Waals surface area contributed by atoms with Crippen molar-refractivity contribution in [2.45, 2.75) is 13.1 Å². The van der Waals surface area contributed by atoms with Crippen molar-refractivity contribution in [2.24, 2.45) is 0 Å². The second-order valence-corrected chi connectivity index (χ2v) is 4.67. The SMILES string of the molecule is Nc1ccc2c(c1)CN(C(=O)c1ccc(Cl)o1)C2. The normalized spacial score (nSPS) is 13.7. The first kappa shape index (κ1) is 11.2. The molecule has 0 radical (unpaired) electrons. The van der Waals surface area contributed by atoms with E-state index in [9.17, 15) is 4.79 Å². The number of nitrogens with two attached hydrogens (primary N) is 1. The van der Waals surface area contributed by atoms with Crippen molar-refractivity contribution in [3.8, 4) is 0 Å². The van der Waals surface area contributed by atoms with Crippen molar-refractivity contribution in [2.75, 3.05) is 5.73 Å². The average Bonchev–Trinajstić information content (AvgIpc) is 2.93. The smallest absolute Gasteiger partial charge is 0.290 e. The Hall–Kier alpha value is -1.94. The van der Waals surface area contributed by atoms with Gasteiger partial charge in [-0.05, 0) is 47.0 Å². The summed E-state index contributed by atoms with van der Waals surface area (Å²) in [4.78, 5) is 13.9. The second-order valence-electron chi connectivity index (χ2n) is 4.29. The number of rotatable bonds is 1. The molecule has 18 heavy (non-hydrogen) atoms. The third-order valence-electron chi connectivity index (χ3n) is 3.02. The number of furan rings is 1. The molecular weight excluding hydrogens is 252 g/mol. The first-order valence-corrected chi connectivity index (χ1v) is 5.93. The summed E-state index contributed by atoms with van der Waals surface area (Å²) >= 11 is 5.67. The molecule has 92 valence electrons. The number of carbonyl (C=O) groups excluding carboxylic acids is 1. The van der Waals surface area contributed by atoms with Gasteiger partial charge in [0.2, 0.25) is 0 Å². The molecule has 2 heterocycles. The number of anilines is 1. The maximum absolute atomic E-state index is 12.2. The molecule has 0 unspecified atom stereocenters. The van der Waals surface area contributed by atoms with Crippen LogP contribution >= 0.6 is 11.6 Å². The van der Waals surface area contributed by atoms with Gasteiger partial charge in [0, 0.05) is 18.8 Å². The topological polar surface area (TPSA) is 59.5 Å². The first-order chi connectivity index (χ1) is 8.63. The van der Waals surface area contributed by atoms with Crippen LogP contribution in [0.3, 0.4) is 0 Å². The van der Waals surface area contributed by atoms with E-state index in [1.807, 2.05) is 18.2 Å². The van der Waals surface area contributed by atoms with E-state index < -0.39 is 0 Å². The summed E-state index contributed by atoms with van der Waals surface area (Å²) in [6.07, 6.45) is 0. The Balaban J connectivity index is 1.83. The maximum Gasteiger partial charge on any atom is 0.290 e. The third kappa shape index (κ3) is 1.84. The molecule has 0 bridgehead atoms. The van der Waals surface area contributed by atoms with Gasteiger partial charge < -0.3 is 15.1 Å². The van der Waals surface area contributed by atoms with Gasteiger partial charge in [0.05, 0.1) is 0 Å². The van der Waals surface area contributed by atoms with E-state index in [2.05, 4.69) is 0 Å². The van der Waals surface area contributed by atoms with Crippen LogP contribution in [0, 0.1) is 0 Å². The zero-order valence-corrected chi connectivity index (χ0v) is 10.3. The van der Waals surface area contributed by atoms with Crippen molar-refractivity contribution >= 4 is 23.2 Å². The summed E-state index contributed by atoms with van der Waals surface area (Å²) in [5, 5.41) is 0.222. The lowest BCUT2D eigenvalue weighted by Gasteiger charge is -2.13. The van der Waals surface area contributed by atoms with Crippen LogP contribution in [-0.4, -0.2) is 10.8 Å². The van der Waals surface area contributed by atoms with E-state index in [-0.39, 0.29) is 16.9 Å². The third-order valence-corrected chi connectivity index (χ3v) is 3.23. The molecule has 0 saturated carbocycles. The Kier molecular flexibility index (Phi) is 2.52. The van der Waals surface area contributed by atoms with Crippen molar-refractivity contribution in [1.29, 1.82) is 0 Å². The molecule has 1 aromatic carbocycles. The summed E-state index contributed by atoms with van der Waals surface area (Å²) in [5.74, 6) is 0.109. The highest BCUT2D eigenvalue weighted by atomic mass is 35.5. The van der Waals surface area contributed by atoms with Crippen LogP contribution in [0.2, 0.25) is 5.22 Å². The monoisotopic (exact) mass is 262 g/mol. The molecule has 1 aliphatic rings. The van der Waals surface area contributed by atoms with Crippen molar-refractivity contribution in [3.63, 3.8) is 0 Å². The predicted molar refractivity (Wildman–Crippen MR) is 68.1 cm³/mol. The Labute approximate surface area is 109 Å². The van der Waals surface area contributed by atoms with Gasteiger partial charge in [0.25, 0.3) is 5.91 Å². The minimum atomic E-state index is -0.156. The largest absolute Gasteiger partial charge is 0.440 e. The molecule has 4 nitrogen and oxygen atoms in total. The Morgan fingerprint density at radius 2 is 2.00 bits per heavy atom. The van der Waals surface area contributed by atoms with Crippen LogP contribution < -0.4 is 5.73 Å². The highest BCUT2D eigenvalue weighted by Crippen LogP contribution is 2.26. The van der Waals surface area contributed by atoms with Crippen LogP contribution in [0.25, 0.3) is 0 Å². The van der Waals surface area contributed by atoms with Crippen LogP contribution in [0.15, 0.2) is 34.7 Å². The Morgan fingerprint density at radius 1 is 1.22 bits per heavy atom. The summed E-state index contributed by atoms with van der Waals surface area (Å²) in [6.45, 7) is 1.13. The second kappa shape index (κ2) is 4.07. The molecule has 2 aromatic rings. The standard InChI is InChI=1S/C13H11ClN2O2/c14-12-4-3-11(18-12)13(17)16-6-8-1-2-10(15)5-9(8)7-16/h1-5H,6-7,15H2. The minimum absolute atomic E-state index is 0.156. The number of nitrogen functional groups attached to an aromatic ring is 1. The zero-order chi connectivity index (χ0) is 12.7. The van der Waals surface area contributed by atoms with Crippen molar-refractivity contribution in [1.82, 2.24) is 4.90 Å². The van der Waals surface area contributed by atoms with Crippen LogP contribution in [0.1, 0.15) is 21.7 Å². The van der Waals surface area contributed by atoms with Crippen LogP contribution in [-0.2, 0) is 13.1 Å². The van der Waals surface area contributed by atoms with E-state index >= 15 is 0 Å². The molecule has 1 aliphatic heterocycles. The fourth-order valence-corrected chi connectivity index (χ4v) is 2.29. The van der Waals surface area contributed by atoms with Gasteiger partial charge >= 0.3 is 0 Å². The van der Waals surface area contributed by atoms with E-state index in [0.717, 1.165) is 11.1 Å². The number of carbonyl (C=O) groups is 1. The number of hydrogen-bond donors (Lipinski definition) is 1. The molecule has 1 aromatic heterocycles. The minimum Gasteiger partial charge on any atom is -0.440 e. The van der Waals surface area contributed by atoms with Crippen molar-refractivity contribution < 1.29 is 9.21 Å². The van der Waals surface area contributed by atoms with Gasteiger partial charge in [-0.25, -0.2) is 0 Å². The number of fused-ring (bicyclic) bond motifs is 1. The molecule has 0 aliphatic carbocycles. The molecule has 0 atom stereocenters. The molecule has 1 amide bonds. The van der Waals surface area contributed by atoms with Gasteiger partial charge in [0.1, 0.15) is 0 Å². The quantitative estimate of drug-likeness (QED) is 0.804. The molecular formula is C13H11ClN2O2. The van der Waals surface area contributed by atoms with Gasteiger partial charge in [-0.1, -0.05) is 6.07 Å². The van der Waals surface area contributed by atoms with Gasteiger partial charge in [-0.15, -0.1) is 0 Å². The first-order valence-electron chi connectivity index (χ1n) is 5.55. The fourth-order valence-electron chi connectivity index (χ4n) is 2.14. The Bertz CT molecular complexity index is 621. The van der Waals surface area contributed by atoms with Crippen LogP contribution in [0.5, 0.6) is 0 Å². The number of amides is 1. The summed E-state index contributed by atoms with van der Waals surface area (Å²) < 4.78 is 5.13. The fraction of sp³-hybridized carbons (Fsp3) is 0.154. The van der Waals surface area contributed by atoms with E-state index in [1.165, 1.54) is 0 Å². The van der Waals surface area contributed by atoms with E-state index in [0.29, 0.717) is 18.8 Å². The van der Waals surface area contributed by atoms with E-state index in [4.69, 9.17) is 21.8 Å². The molecule has 3 rings (SSSR count). The van der Waals surface area contributed by atoms with Crippen LogP contribution in [0.4, 0.5) is 5.69 Å². The zero-order valence-electron chi connectivity index (χ0n) is 9.52. The summed E-state index contributed by atoms with van der Waals surface area (Å²) in [7, 11) is 0. The number of hydrogen-bond acceptors (Lipinski definition) is 3. The molecule has 2 N–H and O–H groups in total. The average molecular weight is 263 g/mol. The van der Waals surface area contributed by atoms with Gasteiger partial charge in [-0.3, -0.25) is 4.79 Å². The lowest BCUT2D eigenvalue weighted by molar-refractivity contribution is 0.0719. The Morgan fingerprint density at radius 3 is 2.72 bits per heavy atom. The highest BCUT2D eigenvalue weighted by molar-refractivity contribution is 6.29. The van der Waals surface area contributed by atoms with Gasteiger partial charge in [-0.2, -0.15) is 0 Å².